The molecule has 2 aromatic carbocycles. The third-order valence-electron chi connectivity index (χ3n) is 4.38. The van der Waals surface area contributed by atoms with Crippen LogP contribution in [-0.4, -0.2) is 28.9 Å². The van der Waals surface area contributed by atoms with Crippen LogP contribution in [0, 0.1) is 6.92 Å². The van der Waals surface area contributed by atoms with Gasteiger partial charge in [0.1, 0.15) is 6.79 Å². The summed E-state index contributed by atoms with van der Waals surface area (Å²) in [4.78, 5) is 0.309. The largest absolute Gasteiger partial charge is 0.359 e. The molecular formula is C19H23NO4S. The SMILES string of the molecule is COCO[C@H]1CCCN(S(=O)(=O)c2ccc(C)cc2)c2ccccc21. The van der Waals surface area contributed by atoms with Crippen LogP contribution in [0.5, 0.6) is 0 Å². The number of hydrogen-bond donors (Lipinski definition) is 0. The van der Waals surface area contributed by atoms with Gasteiger partial charge < -0.3 is 9.47 Å². The second-order valence-electron chi connectivity index (χ2n) is 6.15. The molecule has 0 unspecified atom stereocenters. The van der Waals surface area contributed by atoms with Gasteiger partial charge in [-0.1, -0.05) is 35.9 Å². The highest BCUT2D eigenvalue weighted by atomic mass is 32.2. The molecule has 2 aromatic rings. The van der Waals surface area contributed by atoms with Crippen LogP contribution in [0.2, 0.25) is 0 Å². The van der Waals surface area contributed by atoms with Crippen molar-refractivity contribution in [2.75, 3.05) is 24.8 Å². The van der Waals surface area contributed by atoms with E-state index in [1.54, 1.807) is 19.2 Å². The number of fused-ring (bicyclic) bond motifs is 1. The van der Waals surface area contributed by atoms with Gasteiger partial charge in [-0.3, -0.25) is 4.31 Å². The molecule has 6 heteroatoms. The smallest absolute Gasteiger partial charge is 0.264 e. The van der Waals surface area contributed by atoms with E-state index in [0.29, 0.717) is 23.5 Å². The zero-order valence-electron chi connectivity index (χ0n) is 14.5. The number of hydrogen-bond acceptors (Lipinski definition) is 4. The number of aryl methyl sites for hydroxylation is 1. The van der Waals surface area contributed by atoms with E-state index >= 15 is 0 Å². The third kappa shape index (κ3) is 3.71. The molecule has 5 nitrogen and oxygen atoms in total. The highest BCUT2D eigenvalue weighted by Gasteiger charge is 2.31. The van der Waals surface area contributed by atoms with Crippen LogP contribution in [0.15, 0.2) is 53.4 Å². The number of benzene rings is 2. The Kier molecular flexibility index (Phi) is 5.42. The van der Waals surface area contributed by atoms with E-state index in [4.69, 9.17) is 9.47 Å². The van der Waals surface area contributed by atoms with Gasteiger partial charge in [0, 0.05) is 19.2 Å². The maximum Gasteiger partial charge on any atom is 0.264 e. The number of ether oxygens (including phenoxy) is 2. The third-order valence-corrected chi connectivity index (χ3v) is 6.20. The standard InChI is InChI=1S/C19H23NO4S/c1-15-9-11-16(12-10-15)25(21,22)20-13-5-8-19(24-14-23-2)17-6-3-4-7-18(17)20/h3-4,6-7,9-12,19H,5,8,13-14H2,1-2H3/t19-/m0/s1. The van der Waals surface area contributed by atoms with Crippen molar-refractivity contribution in [2.45, 2.75) is 30.8 Å². The van der Waals surface area contributed by atoms with E-state index in [0.717, 1.165) is 17.5 Å². The normalized spacial score (nSPS) is 17.8. The van der Waals surface area contributed by atoms with Crippen LogP contribution in [0.3, 0.4) is 0 Å². The molecule has 0 N–H and O–H groups in total. The number of nitrogens with zero attached hydrogens (tertiary/aromatic N) is 1. The summed E-state index contributed by atoms with van der Waals surface area (Å²) in [6.07, 6.45) is 1.29. The number of methoxy groups -OCH3 is 1. The van der Waals surface area contributed by atoms with Gasteiger partial charge in [-0.15, -0.1) is 0 Å². The first kappa shape index (κ1) is 17.9. The predicted octanol–water partition coefficient (Wildman–Crippen LogP) is 3.65. The zero-order valence-corrected chi connectivity index (χ0v) is 15.3. The molecule has 25 heavy (non-hydrogen) atoms. The monoisotopic (exact) mass is 361 g/mol. The Balaban J connectivity index is 2.02. The van der Waals surface area contributed by atoms with Crippen molar-refractivity contribution in [1.29, 1.82) is 0 Å². The summed E-state index contributed by atoms with van der Waals surface area (Å²) < 4.78 is 38.7. The van der Waals surface area contributed by atoms with Gasteiger partial charge in [-0.25, -0.2) is 8.42 Å². The molecule has 0 fully saturated rings. The summed E-state index contributed by atoms with van der Waals surface area (Å²) in [5.41, 5.74) is 2.60. The first-order chi connectivity index (χ1) is 12.0. The molecular weight excluding hydrogens is 338 g/mol. The van der Waals surface area contributed by atoms with Crippen molar-refractivity contribution in [1.82, 2.24) is 0 Å². The Bertz CT molecular complexity index is 818. The fourth-order valence-electron chi connectivity index (χ4n) is 3.09. The van der Waals surface area contributed by atoms with Gasteiger partial charge in [-0.2, -0.15) is 0 Å². The summed E-state index contributed by atoms with van der Waals surface area (Å²) >= 11 is 0. The lowest BCUT2D eigenvalue weighted by Gasteiger charge is -2.25. The van der Waals surface area contributed by atoms with Crippen LogP contribution in [-0.2, 0) is 19.5 Å². The second kappa shape index (κ2) is 7.56. The maximum absolute atomic E-state index is 13.2. The highest BCUT2D eigenvalue weighted by molar-refractivity contribution is 7.92. The lowest BCUT2D eigenvalue weighted by molar-refractivity contribution is -0.0753. The molecule has 1 heterocycles. The Morgan fingerprint density at radius 3 is 2.56 bits per heavy atom. The fraction of sp³-hybridized carbons (Fsp3) is 0.368. The molecule has 3 rings (SSSR count). The minimum atomic E-state index is -3.61. The topological polar surface area (TPSA) is 55.8 Å². The quantitative estimate of drug-likeness (QED) is 0.763. The van der Waals surface area contributed by atoms with Crippen molar-refractivity contribution in [3.63, 3.8) is 0 Å². The minimum Gasteiger partial charge on any atom is -0.359 e. The van der Waals surface area contributed by atoms with Gasteiger partial charge in [-0.05, 0) is 38.0 Å². The molecule has 1 atom stereocenters. The molecule has 0 bridgehead atoms. The molecule has 1 aliphatic heterocycles. The van der Waals surface area contributed by atoms with Gasteiger partial charge in [0.2, 0.25) is 0 Å². The van der Waals surface area contributed by atoms with Crippen molar-refractivity contribution >= 4 is 15.7 Å². The minimum absolute atomic E-state index is 0.172. The average molecular weight is 361 g/mol. The molecule has 0 saturated carbocycles. The van der Waals surface area contributed by atoms with Crippen LogP contribution in [0.25, 0.3) is 0 Å². The molecule has 0 radical (unpaired) electrons. The molecule has 134 valence electrons. The van der Waals surface area contributed by atoms with Gasteiger partial charge >= 0.3 is 0 Å². The van der Waals surface area contributed by atoms with Crippen LogP contribution in [0.1, 0.15) is 30.1 Å². The summed E-state index contributed by atoms with van der Waals surface area (Å²) in [7, 11) is -2.03. The van der Waals surface area contributed by atoms with Crippen molar-refractivity contribution in [3.8, 4) is 0 Å². The summed E-state index contributed by atoms with van der Waals surface area (Å²) in [6.45, 7) is 2.55. The van der Waals surface area contributed by atoms with E-state index in [2.05, 4.69) is 0 Å². The van der Waals surface area contributed by atoms with E-state index in [1.165, 1.54) is 4.31 Å². The Morgan fingerprint density at radius 1 is 1.12 bits per heavy atom. The summed E-state index contributed by atoms with van der Waals surface area (Å²) in [5, 5.41) is 0. The number of sulfonamides is 1. The fourth-order valence-corrected chi connectivity index (χ4v) is 4.62. The Morgan fingerprint density at radius 2 is 1.84 bits per heavy atom. The molecule has 0 amide bonds. The number of rotatable bonds is 5. The summed E-state index contributed by atoms with van der Waals surface area (Å²) in [5.74, 6) is 0. The predicted molar refractivity (Wildman–Crippen MR) is 97.1 cm³/mol. The average Bonchev–Trinajstić information content (AvgIpc) is 2.80. The highest BCUT2D eigenvalue weighted by Crippen LogP contribution is 2.37. The molecule has 1 aliphatic rings. The van der Waals surface area contributed by atoms with Gasteiger partial charge in [0.15, 0.2) is 0 Å². The number of anilines is 1. The number of para-hydroxylation sites is 1. The van der Waals surface area contributed by atoms with Crippen LogP contribution in [0.4, 0.5) is 5.69 Å². The molecule has 0 aromatic heterocycles. The van der Waals surface area contributed by atoms with Gasteiger partial charge in [0.25, 0.3) is 10.0 Å². The van der Waals surface area contributed by atoms with Crippen LogP contribution < -0.4 is 4.31 Å². The van der Waals surface area contributed by atoms with E-state index in [1.807, 2.05) is 43.3 Å². The summed E-state index contributed by atoms with van der Waals surface area (Å²) in [6, 6.07) is 14.5. The Labute approximate surface area is 149 Å². The molecule has 0 saturated heterocycles. The Hall–Kier alpha value is -1.89. The van der Waals surface area contributed by atoms with Crippen molar-refractivity contribution in [3.05, 3.63) is 59.7 Å². The first-order valence-corrected chi connectivity index (χ1v) is 9.77. The maximum atomic E-state index is 13.2. The van der Waals surface area contributed by atoms with E-state index in [-0.39, 0.29) is 12.9 Å². The van der Waals surface area contributed by atoms with Gasteiger partial charge in [0.05, 0.1) is 16.7 Å². The van der Waals surface area contributed by atoms with E-state index < -0.39 is 10.0 Å². The second-order valence-corrected chi connectivity index (χ2v) is 8.02. The molecule has 0 spiro atoms. The van der Waals surface area contributed by atoms with Crippen molar-refractivity contribution < 1.29 is 17.9 Å². The lowest BCUT2D eigenvalue weighted by Crippen LogP contribution is -2.31. The van der Waals surface area contributed by atoms with Crippen molar-refractivity contribution in [2.24, 2.45) is 0 Å². The van der Waals surface area contributed by atoms with E-state index in [9.17, 15) is 8.42 Å². The molecule has 0 aliphatic carbocycles. The lowest BCUT2D eigenvalue weighted by atomic mass is 10.0. The first-order valence-electron chi connectivity index (χ1n) is 8.33. The van der Waals surface area contributed by atoms with Crippen LogP contribution >= 0.6 is 0 Å². The zero-order chi connectivity index (χ0) is 17.9.